The molecule has 186 valence electrons. The fraction of sp³-hybridized carbons (Fsp3) is 0.440. The Morgan fingerprint density at radius 3 is 2.66 bits per heavy atom. The van der Waals surface area contributed by atoms with Crippen molar-refractivity contribution in [2.75, 3.05) is 20.2 Å². The van der Waals surface area contributed by atoms with Gasteiger partial charge in [0.2, 0.25) is 11.8 Å². The Balaban J connectivity index is 1.41. The van der Waals surface area contributed by atoms with Crippen LogP contribution in [0.15, 0.2) is 35.7 Å². The molecular weight excluding hydrogens is 468 g/mol. The molecule has 1 fully saturated rings. The molecule has 2 atom stereocenters. The Kier molecular flexibility index (Phi) is 7.11. The zero-order valence-corrected chi connectivity index (χ0v) is 20.9. The summed E-state index contributed by atoms with van der Waals surface area (Å²) >= 11 is 1.70. The number of benzene rings is 1. The molecule has 2 aliphatic heterocycles. The predicted octanol–water partition coefficient (Wildman–Crippen LogP) is 2.39. The summed E-state index contributed by atoms with van der Waals surface area (Å²) in [5.41, 5.74) is 0.429. The van der Waals surface area contributed by atoms with Gasteiger partial charge in [-0.1, -0.05) is 25.5 Å². The quantitative estimate of drug-likeness (QED) is 0.544. The lowest BCUT2D eigenvalue weighted by Crippen LogP contribution is -2.52. The maximum absolute atomic E-state index is 13.2. The first-order valence-electron chi connectivity index (χ1n) is 11.7. The smallest absolute Gasteiger partial charge is 0.325 e. The minimum Gasteiger partial charge on any atom is -0.497 e. The van der Waals surface area contributed by atoms with E-state index in [1.807, 2.05) is 18.4 Å². The van der Waals surface area contributed by atoms with Gasteiger partial charge in [0.25, 0.3) is 5.91 Å². The highest BCUT2D eigenvalue weighted by atomic mass is 32.1. The molecule has 9 nitrogen and oxygen atoms in total. The van der Waals surface area contributed by atoms with E-state index in [1.54, 1.807) is 54.5 Å². The van der Waals surface area contributed by atoms with Crippen molar-refractivity contribution in [2.45, 2.75) is 51.2 Å². The lowest BCUT2D eigenvalue weighted by Gasteiger charge is -2.31. The zero-order valence-electron chi connectivity index (χ0n) is 20.1. The topological polar surface area (TPSA) is 108 Å². The van der Waals surface area contributed by atoms with Crippen molar-refractivity contribution in [1.82, 2.24) is 20.4 Å². The average Bonchev–Trinajstić information content (AvgIpc) is 3.41. The van der Waals surface area contributed by atoms with E-state index in [0.29, 0.717) is 37.2 Å². The van der Waals surface area contributed by atoms with Gasteiger partial charge in [0, 0.05) is 18.0 Å². The summed E-state index contributed by atoms with van der Waals surface area (Å²) in [4.78, 5) is 55.8. The Morgan fingerprint density at radius 1 is 1.23 bits per heavy atom. The molecular formula is C25H30N4O5S. The maximum Gasteiger partial charge on any atom is 0.325 e. The first-order chi connectivity index (χ1) is 16.8. The van der Waals surface area contributed by atoms with Gasteiger partial charge < -0.3 is 20.3 Å². The lowest BCUT2D eigenvalue weighted by molar-refractivity contribution is -0.138. The molecule has 5 amide bonds. The summed E-state index contributed by atoms with van der Waals surface area (Å²) in [6.07, 6.45) is 1.98. The Hall–Kier alpha value is -3.40. The normalized spacial score (nSPS) is 20.3. The van der Waals surface area contributed by atoms with Gasteiger partial charge in [-0.3, -0.25) is 19.3 Å². The maximum atomic E-state index is 13.2. The van der Waals surface area contributed by atoms with Crippen LogP contribution in [0.1, 0.15) is 42.7 Å². The number of hydrogen-bond donors (Lipinski definition) is 2. The number of imide groups is 1. The number of carbonyl (C=O) groups is 4. The number of rotatable bonds is 8. The van der Waals surface area contributed by atoms with Crippen molar-refractivity contribution >= 4 is 35.1 Å². The lowest BCUT2D eigenvalue weighted by atomic mass is 9.92. The van der Waals surface area contributed by atoms with Crippen LogP contribution in [0.4, 0.5) is 4.79 Å². The number of thiophene rings is 1. The number of nitrogens with one attached hydrogen (secondary N) is 2. The first-order valence-corrected chi connectivity index (χ1v) is 12.6. The summed E-state index contributed by atoms with van der Waals surface area (Å²) in [6, 6.07) is 7.49. The summed E-state index contributed by atoms with van der Waals surface area (Å²) in [5, 5.41) is 7.49. The highest BCUT2D eigenvalue weighted by Crippen LogP contribution is 2.30. The number of nitrogens with zero attached hydrogens (tertiary/aromatic N) is 2. The Labute approximate surface area is 208 Å². The fourth-order valence-corrected chi connectivity index (χ4v) is 5.44. The standard InChI is InChI=1S/C25H30N4O5S/c1-4-5-19(22(31)28-12-10-20-16(14-28)11-13-35-20)26-21(30)15-29-23(32)25(2,27-24(29)33)17-6-8-18(34-3)9-7-17/h6-9,11,13,19H,4-5,10,12,14-15H2,1-3H3,(H,26,30)(H,27,33). The summed E-state index contributed by atoms with van der Waals surface area (Å²) in [7, 11) is 1.54. The van der Waals surface area contributed by atoms with E-state index in [0.717, 1.165) is 16.9 Å². The van der Waals surface area contributed by atoms with E-state index < -0.39 is 36.0 Å². The van der Waals surface area contributed by atoms with E-state index >= 15 is 0 Å². The van der Waals surface area contributed by atoms with E-state index in [9.17, 15) is 19.2 Å². The molecule has 0 spiro atoms. The van der Waals surface area contributed by atoms with Gasteiger partial charge in [-0.15, -0.1) is 11.3 Å². The van der Waals surface area contributed by atoms with Crippen molar-refractivity contribution in [3.8, 4) is 5.75 Å². The van der Waals surface area contributed by atoms with Crippen LogP contribution in [-0.4, -0.2) is 59.8 Å². The summed E-state index contributed by atoms with van der Waals surface area (Å²) in [6.45, 7) is 4.22. The number of amides is 5. The highest BCUT2D eigenvalue weighted by Gasteiger charge is 2.49. The van der Waals surface area contributed by atoms with Crippen LogP contribution in [0.2, 0.25) is 0 Å². The van der Waals surface area contributed by atoms with E-state index in [2.05, 4.69) is 10.6 Å². The molecule has 2 N–H and O–H groups in total. The largest absolute Gasteiger partial charge is 0.497 e. The van der Waals surface area contributed by atoms with Crippen LogP contribution < -0.4 is 15.4 Å². The highest BCUT2D eigenvalue weighted by molar-refractivity contribution is 7.10. The number of methoxy groups -OCH3 is 1. The average molecular weight is 499 g/mol. The second-order valence-electron chi connectivity index (χ2n) is 8.96. The molecule has 1 saturated heterocycles. The van der Waals surface area contributed by atoms with Crippen LogP contribution in [0, 0.1) is 0 Å². The van der Waals surface area contributed by atoms with Gasteiger partial charge in [0.15, 0.2) is 0 Å². The van der Waals surface area contributed by atoms with Gasteiger partial charge >= 0.3 is 6.03 Å². The molecule has 2 aromatic rings. The van der Waals surface area contributed by atoms with Crippen LogP contribution in [0.25, 0.3) is 0 Å². The fourth-order valence-electron chi connectivity index (χ4n) is 4.55. The number of ether oxygens (including phenoxy) is 1. The van der Waals surface area contributed by atoms with Crippen LogP contribution in [0.5, 0.6) is 5.75 Å². The van der Waals surface area contributed by atoms with E-state index in [1.165, 1.54) is 4.88 Å². The second kappa shape index (κ2) is 10.1. The molecule has 10 heteroatoms. The van der Waals surface area contributed by atoms with Crippen molar-refractivity contribution in [2.24, 2.45) is 0 Å². The van der Waals surface area contributed by atoms with Crippen molar-refractivity contribution in [3.63, 3.8) is 0 Å². The molecule has 1 aromatic carbocycles. The van der Waals surface area contributed by atoms with Crippen molar-refractivity contribution in [3.05, 3.63) is 51.7 Å². The Morgan fingerprint density at radius 2 is 1.97 bits per heavy atom. The van der Waals surface area contributed by atoms with Crippen LogP contribution in [-0.2, 0) is 32.9 Å². The van der Waals surface area contributed by atoms with Crippen molar-refractivity contribution in [1.29, 1.82) is 0 Å². The third kappa shape index (κ3) is 4.88. The number of carbonyl (C=O) groups excluding carboxylic acids is 4. The SMILES string of the molecule is CCCC(NC(=O)CN1C(=O)NC(C)(c2ccc(OC)cc2)C1=O)C(=O)N1CCc2sccc2C1. The van der Waals surface area contributed by atoms with Gasteiger partial charge in [0.1, 0.15) is 23.9 Å². The van der Waals surface area contributed by atoms with Gasteiger partial charge in [-0.25, -0.2) is 4.79 Å². The van der Waals surface area contributed by atoms with Crippen LogP contribution in [0.3, 0.4) is 0 Å². The number of urea groups is 1. The van der Waals surface area contributed by atoms with Gasteiger partial charge in [-0.2, -0.15) is 0 Å². The predicted molar refractivity (Wildman–Crippen MR) is 131 cm³/mol. The van der Waals surface area contributed by atoms with E-state index in [4.69, 9.17) is 4.74 Å². The van der Waals surface area contributed by atoms with Crippen LogP contribution >= 0.6 is 11.3 Å². The molecule has 2 aliphatic rings. The third-order valence-corrected chi connectivity index (χ3v) is 7.60. The third-order valence-electron chi connectivity index (χ3n) is 6.57. The minimum atomic E-state index is -1.30. The zero-order chi connectivity index (χ0) is 25.2. The molecule has 0 bridgehead atoms. The molecule has 0 aliphatic carbocycles. The summed E-state index contributed by atoms with van der Waals surface area (Å²) < 4.78 is 5.15. The number of hydrogen-bond acceptors (Lipinski definition) is 6. The molecule has 2 unspecified atom stereocenters. The second-order valence-corrected chi connectivity index (χ2v) is 9.96. The summed E-state index contributed by atoms with van der Waals surface area (Å²) in [5.74, 6) is -0.590. The monoisotopic (exact) mass is 498 g/mol. The molecule has 0 radical (unpaired) electrons. The van der Waals surface area contributed by atoms with Gasteiger partial charge in [0.05, 0.1) is 7.11 Å². The van der Waals surface area contributed by atoms with Crippen molar-refractivity contribution < 1.29 is 23.9 Å². The molecule has 35 heavy (non-hydrogen) atoms. The minimum absolute atomic E-state index is 0.141. The number of fused-ring (bicyclic) bond motifs is 1. The molecule has 4 rings (SSSR count). The Bertz CT molecular complexity index is 1130. The molecule has 3 heterocycles. The molecule has 1 aromatic heterocycles. The molecule has 0 saturated carbocycles. The van der Waals surface area contributed by atoms with Gasteiger partial charge in [-0.05, 0) is 54.5 Å². The first kappa shape index (κ1) is 24.7. The van der Waals surface area contributed by atoms with E-state index in [-0.39, 0.29) is 5.91 Å².